The van der Waals surface area contributed by atoms with E-state index in [9.17, 15) is 4.39 Å². The van der Waals surface area contributed by atoms with E-state index in [0.29, 0.717) is 24.5 Å². The first-order valence-corrected chi connectivity index (χ1v) is 7.18. The number of nitrogens with one attached hydrogen (secondary N) is 2. The van der Waals surface area contributed by atoms with Gasteiger partial charge >= 0.3 is 0 Å². The largest absolute Gasteiger partial charge is 0.341 e. The Balaban J connectivity index is 1.56. The van der Waals surface area contributed by atoms with Crippen LogP contribution < -0.4 is 5.32 Å². The third kappa shape index (κ3) is 3.40. The molecule has 3 nitrogen and oxygen atoms in total. The minimum atomic E-state index is -0.155. The van der Waals surface area contributed by atoms with E-state index in [2.05, 4.69) is 15.3 Å². The molecular weight excluding hydrogens is 289 g/mol. The van der Waals surface area contributed by atoms with Gasteiger partial charge in [-0.05, 0) is 42.8 Å². The predicted molar refractivity (Wildman–Crippen MR) is 82.9 cm³/mol. The van der Waals surface area contributed by atoms with E-state index < -0.39 is 0 Å². The number of hydrogen-bond acceptors (Lipinski definition) is 2. The maximum absolute atomic E-state index is 13.5. The van der Waals surface area contributed by atoms with Crippen LogP contribution in [0.1, 0.15) is 11.4 Å². The van der Waals surface area contributed by atoms with E-state index >= 15 is 0 Å². The van der Waals surface area contributed by atoms with E-state index in [4.69, 9.17) is 11.6 Å². The van der Waals surface area contributed by atoms with Gasteiger partial charge in [-0.2, -0.15) is 0 Å². The Morgan fingerprint density at radius 3 is 2.90 bits per heavy atom. The molecule has 0 aliphatic heterocycles. The zero-order valence-electron chi connectivity index (χ0n) is 11.4. The Labute approximate surface area is 127 Å². The number of hydrogen-bond donors (Lipinski definition) is 2. The molecule has 0 saturated heterocycles. The smallest absolute Gasteiger partial charge is 0.126 e. The number of H-pyrrole nitrogens is 1. The SMILES string of the molecule is Fc1ccccc1CCNCc1nc2ccc(Cl)cc2[nH]1. The molecule has 0 saturated carbocycles. The summed E-state index contributed by atoms with van der Waals surface area (Å²) in [5, 5.41) is 3.94. The van der Waals surface area contributed by atoms with Gasteiger partial charge < -0.3 is 10.3 Å². The summed E-state index contributed by atoms with van der Waals surface area (Å²) in [5.41, 5.74) is 2.54. The molecular formula is C16H15ClFN3. The van der Waals surface area contributed by atoms with Crippen LogP contribution >= 0.6 is 11.6 Å². The zero-order chi connectivity index (χ0) is 14.7. The molecule has 3 rings (SSSR count). The highest BCUT2D eigenvalue weighted by Crippen LogP contribution is 2.17. The Morgan fingerprint density at radius 2 is 2.05 bits per heavy atom. The number of nitrogens with zero attached hydrogens (tertiary/aromatic N) is 1. The van der Waals surface area contributed by atoms with Crippen LogP contribution in [0.2, 0.25) is 5.02 Å². The van der Waals surface area contributed by atoms with E-state index in [1.54, 1.807) is 12.1 Å². The lowest BCUT2D eigenvalue weighted by molar-refractivity contribution is 0.595. The highest BCUT2D eigenvalue weighted by molar-refractivity contribution is 6.31. The van der Waals surface area contributed by atoms with Gasteiger partial charge in [-0.15, -0.1) is 0 Å². The van der Waals surface area contributed by atoms with Gasteiger partial charge in [-0.25, -0.2) is 9.37 Å². The van der Waals surface area contributed by atoms with E-state index in [-0.39, 0.29) is 5.82 Å². The predicted octanol–water partition coefficient (Wildman–Crippen LogP) is 3.69. The molecule has 1 aromatic heterocycles. The van der Waals surface area contributed by atoms with Crippen LogP contribution in [0, 0.1) is 5.82 Å². The summed E-state index contributed by atoms with van der Waals surface area (Å²) < 4.78 is 13.5. The lowest BCUT2D eigenvalue weighted by atomic mass is 10.1. The molecule has 3 aromatic rings. The molecule has 0 unspecified atom stereocenters. The second-order valence-electron chi connectivity index (χ2n) is 4.86. The minimum absolute atomic E-state index is 0.155. The number of rotatable bonds is 5. The third-order valence-electron chi connectivity index (χ3n) is 3.31. The molecule has 5 heteroatoms. The fraction of sp³-hybridized carbons (Fsp3) is 0.188. The van der Waals surface area contributed by atoms with Crippen molar-refractivity contribution in [1.82, 2.24) is 15.3 Å². The van der Waals surface area contributed by atoms with Crippen LogP contribution in [-0.2, 0) is 13.0 Å². The molecule has 0 spiro atoms. The average molecular weight is 304 g/mol. The Hall–Kier alpha value is -1.91. The van der Waals surface area contributed by atoms with Gasteiger partial charge in [0, 0.05) is 5.02 Å². The van der Waals surface area contributed by atoms with Crippen LogP contribution in [0.3, 0.4) is 0 Å². The van der Waals surface area contributed by atoms with Gasteiger partial charge in [0.1, 0.15) is 11.6 Å². The molecule has 0 fully saturated rings. The summed E-state index contributed by atoms with van der Waals surface area (Å²) in [7, 11) is 0. The minimum Gasteiger partial charge on any atom is -0.341 e. The van der Waals surface area contributed by atoms with Crippen molar-refractivity contribution in [2.45, 2.75) is 13.0 Å². The van der Waals surface area contributed by atoms with Crippen molar-refractivity contribution in [1.29, 1.82) is 0 Å². The molecule has 0 radical (unpaired) electrons. The highest BCUT2D eigenvalue weighted by atomic mass is 35.5. The number of aromatic nitrogens is 2. The normalized spacial score (nSPS) is 11.1. The molecule has 21 heavy (non-hydrogen) atoms. The van der Waals surface area contributed by atoms with Gasteiger partial charge in [0.25, 0.3) is 0 Å². The maximum atomic E-state index is 13.5. The lowest BCUT2D eigenvalue weighted by Gasteiger charge is -2.04. The molecule has 0 aliphatic rings. The summed E-state index contributed by atoms with van der Waals surface area (Å²) in [6.07, 6.45) is 0.652. The molecule has 108 valence electrons. The van der Waals surface area contributed by atoms with Gasteiger partial charge in [-0.3, -0.25) is 0 Å². The fourth-order valence-electron chi connectivity index (χ4n) is 2.25. The highest BCUT2D eigenvalue weighted by Gasteiger charge is 2.04. The molecule has 0 amide bonds. The summed E-state index contributed by atoms with van der Waals surface area (Å²) in [4.78, 5) is 7.68. The van der Waals surface area contributed by atoms with Crippen LogP contribution in [0.4, 0.5) is 4.39 Å². The topological polar surface area (TPSA) is 40.7 Å². The van der Waals surface area contributed by atoms with Gasteiger partial charge in [-0.1, -0.05) is 29.8 Å². The van der Waals surface area contributed by atoms with Crippen LogP contribution in [0.15, 0.2) is 42.5 Å². The second kappa shape index (κ2) is 6.24. The van der Waals surface area contributed by atoms with Gasteiger partial charge in [0.05, 0.1) is 17.6 Å². The first-order chi connectivity index (χ1) is 10.2. The molecule has 0 atom stereocenters. The number of fused-ring (bicyclic) bond motifs is 1. The Morgan fingerprint density at radius 1 is 1.19 bits per heavy atom. The van der Waals surface area contributed by atoms with Crippen molar-refractivity contribution < 1.29 is 4.39 Å². The number of aromatic amines is 1. The zero-order valence-corrected chi connectivity index (χ0v) is 12.1. The van der Waals surface area contributed by atoms with Crippen LogP contribution in [-0.4, -0.2) is 16.5 Å². The molecule has 0 aliphatic carbocycles. The first-order valence-electron chi connectivity index (χ1n) is 6.80. The molecule has 2 aromatic carbocycles. The molecule has 2 N–H and O–H groups in total. The summed E-state index contributed by atoms with van der Waals surface area (Å²) in [6.45, 7) is 1.31. The number of imidazole rings is 1. The van der Waals surface area contributed by atoms with Crippen molar-refractivity contribution in [3.63, 3.8) is 0 Å². The van der Waals surface area contributed by atoms with E-state index in [0.717, 1.165) is 22.4 Å². The standard InChI is InChI=1S/C16H15ClFN3/c17-12-5-6-14-15(9-12)21-16(20-14)10-19-8-7-11-3-1-2-4-13(11)18/h1-6,9,19H,7-8,10H2,(H,20,21). The third-order valence-corrected chi connectivity index (χ3v) is 3.55. The summed E-state index contributed by atoms with van der Waals surface area (Å²) in [6, 6.07) is 12.4. The van der Waals surface area contributed by atoms with Crippen molar-refractivity contribution in [2.24, 2.45) is 0 Å². The van der Waals surface area contributed by atoms with Gasteiger partial charge in [0.15, 0.2) is 0 Å². The number of benzene rings is 2. The fourth-order valence-corrected chi connectivity index (χ4v) is 2.42. The maximum Gasteiger partial charge on any atom is 0.126 e. The second-order valence-corrected chi connectivity index (χ2v) is 5.30. The Bertz CT molecular complexity index is 754. The van der Waals surface area contributed by atoms with Crippen LogP contribution in [0.5, 0.6) is 0 Å². The van der Waals surface area contributed by atoms with Crippen molar-refractivity contribution in [3.8, 4) is 0 Å². The Kier molecular flexibility index (Phi) is 4.18. The van der Waals surface area contributed by atoms with Crippen molar-refractivity contribution in [3.05, 3.63) is 64.7 Å². The molecule has 1 heterocycles. The number of halogens is 2. The monoisotopic (exact) mass is 303 g/mol. The lowest BCUT2D eigenvalue weighted by Crippen LogP contribution is -2.17. The summed E-state index contributed by atoms with van der Waals surface area (Å²) >= 11 is 5.94. The quantitative estimate of drug-likeness (QED) is 0.706. The van der Waals surface area contributed by atoms with Gasteiger partial charge in [0.2, 0.25) is 0 Å². The average Bonchev–Trinajstić information content (AvgIpc) is 2.87. The van der Waals surface area contributed by atoms with E-state index in [1.807, 2.05) is 24.3 Å². The van der Waals surface area contributed by atoms with Crippen molar-refractivity contribution >= 4 is 22.6 Å². The van der Waals surface area contributed by atoms with Crippen LogP contribution in [0.25, 0.3) is 11.0 Å². The molecule has 0 bridgehead atoms. The van der Waals surface area contributed by atoms with Crippen molar-refractivity contribution in [2.75, 3.05) is 6.54 Å². The van der Waals surface area contributed by atoms with E-state index in [1.165, 1.54) is 6.07 Å². The summed E-state index contributed by atoms with van der Waals surface area (Å²) in [5.74, 6) is 0.693. The first kappa shape index (κ1) is 14.0.